The Morgan fingerprint density at radius 2 is 2.41 bits per heavy atom. The van der Waals surface area contributed by atoms with Crippen molar-refractivity contribution in [2.24, 2.45) is 0 Å². The number of nitrogens with zero attached hydrogens (tertiary/aromatic N) is 2. The second-order valence-corrected chi connectivity index (χ2v) is 4.20. The fourth-order valence-electron chi connectivity index (χ4n) is 1.76. The van der Waals surface area contributed by atoms with Crippen LogP contribution in [-0.2, 0) is 0 Å². The fourth-order valence-corrected chi connectivity index (χ4v) is 1.76. The summed E-state index contributed by atoms with van der Waals surface area (Å²) in [7, 11) is 0. The van der Waals surface area contributed by atoms with Crippen LogP contribution in [0, 0.1) is 17.0 Å². The molecule has 1 fully saturated rings. The van der Waals surface area contributed by atoms with E-state index in [0.29, 0.717) is 17.5 Å². The lowest BCUT2D eigenvalue weighted by Gasteiger charge is -2.33. The Bertz CT molecular complexity index is 432. The Kier molecular flexibility index (Phi) is 3.23. The van der Waals surface area contributed by atoms with E-state index in [9.17, 15) is 10.1 Å². The van der Waals surface area contributed by atoms with Crippen molar-refractivity contribution >= 4 is 5.69 Å². The van der Waals surface area contributed by atoms with E-state index in [2.05, 4.69) is 10.3 Å². The van der Waals surface area contributed by atoms with Gasteiger partial charge in [-0.1, -0.05) is 0 Å². The molecule has 1 saturated heterocycles. The van der Waals surface area contributed by atoms with E-state index in [1.165, 1.54) is 12.3 Å². The summed E-state index contributed by atoms with van der Waals surface area (Å²) in [5, 5.41) is 14.0. The number of ether oxygens (including phenoxy) is 1. The van der Waals surface area contributed by atoms with Crippen LogP contribution >= 0.6 is 0 Å². The zero-order valence-electron chi connectivity index (χ0n) is 9.84. The Balaban J connectivity index is 2.10. The van der Waals surface area contributed by atoms with Gasteiger partial charge in [-0.25, -0.2) is 0 Å². The third kappa shape index (κ3) is 2.52. The van der Waals surface area contributed by atoms with Crippen molar-refractivity contribution in [3.63, 3.8) is 0 Å². The molecule has 2 unspecified atom stereocenters. The molecule has 1 aromatic heterocycles. The van der Waals surface area contributed by atoms with Gasteiger partial charge in [0.2, 0.25) is 0 Å². The average molecular weight is 237 g/mol. The molecule has 17 heavy (non-hydrogen) atoms. The second-order valence-electron chi connectivity index (χ2n) is 4.20. The number of nitrogens with one attached hydrogen (secondary N) is 1. The molecule has 1 N–H and O–H groups in total. The predicted molar refractivity (Wildman–Crippen MR) is 62.1 cm³/mol. The Hall–Kier alpha value is -1.69. The molecule has 1 aliphatic rings. The lowest BCUT2D eigenvalue weighted by molar-refractivity contribution is -0.385. The molecular weight excluding hydrogens is 222 g/mol. The highest BCUT2D eigenvalue weighted by atomic mass is 16.6. The van der Waals surface area contributed by atoms with Crippen molar-refractivity contribution in [1.82, 2.24) is 10.3 Å². The first kappa shape index (κ1) is 11.8. The normalized spacial score (nSPS) is 20.5. The van der Waals surface area contributed by atoms with E-state index in [1.807, 2.05) is 6.92 Å². The lowest BCUT2D eigenvalue weighted by Crippen LogP contribution is -2.51. The highest BCUT2D eigenvalue weighted by molar-refractivity contribution is 5.40. The van der Waals surface area contributed by atoms with E-state index >= 15 is 0 Å². The number of nitro groups is 1. The van der Waals surface area contributed by atoms with Crippen LogP contribution in [0.2, 0.25) is 0 Å². The maximum Gasteiger partial charge on any atom is 0.294 e. The number of hydrogen-bond donors (Lipinski definition) is 1. The molecule has 0 bridgehead atoms. The molecule has 0 radical (unpaired) electrons. The zero-order chi connectivity index (χ0) is 12.4. The summed E-state index contributed by atoms with van der Waals surface area (Å²) in [5.41, 5.74) is 0.396. The van der Waals surface area contributed by atoms with Crippen molar-refractivity contribution in [3.8, 4) is 5.75 Å². The van der Waals surface area contributed by atoms with Gasteiger partial charge in [0.05, 0.1) is 17.2 Å². The molecule has 0 saturated carbocycles. The van der Waals surface area contributed by atoms with Crippen LogP contribution in [0.25, 0.3) is 0 Å². The molecule has 2 heterocycles. The van der Waals surface area contributed by atoms with E-state index in [-0.39, 0.29) is 11.8 Å². The van der Waals surface area contributed by atoms with Crippen LogP contribution in [0.5, 0.6) is 5.75 Å². The molecule has 2 rings (SSSR count). The molecule has 2 atom stereocenters. The minimum absolute atomic E-state index is 0.00345. The summed E-state index contributed by atoms with van der Waals surface area (Å²) in [6.45, 7) is 4.56. The zero-order valence-corrected chi connectivity index (χ0v) is 9.84. The highest BCUT2D eigenvalue weighted by Crippen LogP contribution is 2.23. The molecule has 1 aromatic rings. The Morgan fingerprint density at radius 1 is 1.71 bits per heavy atom. The Labute approximate surface area is 99.2 Å². The van der Waals surface area contributed by atoms with E-state index < -0.39 is 4.92 Å². The summed E-state index contributed by atoms with van der Waals surface area (Å²) in [5.74, 6) is 0.448. The van der Waals surface area contributed by atoms with Gasteiger partial charge in [0, 0.05) is 6.04 Å². The van der Waals surface area contributed by atoms with Crippen molar-refractivity contribution in [1.29, 1.82) is 0 Å². The van der Waals surface area contributed by atoms with Gasteiger partial charge >= 0.3 is 0 Å². The molecule has 0 aliphatic carbocycles. The number of pyridine rings is 1. The molecule has 0 spiro atoms. The molecule has 0 amide bonds. The van der Waals surface area contributed by atoms with Crippen LogP contribution in [0.3, 0.4) is 0 Å². The first-order valence-electron chi connectivity index (χ1n) is 5.59. The molecular formula is C11H15N3O3. The van der Waals surface area contributed by atoms with Crippen LogP contribution in [0.4, 0.5) is 5.69 Å². The number of aryl methyl sites for hydroxylation is 1. The molecule has 1 aliphatic heterocycles. The number of hydrogen-bond acceptors (Lipinski definition) is 5. The second kappa shape index (κ2) is 4.67. The summed E-state index contributed by atoms with van der Waals surface area (Å²) in [4.78, 5) is 14.3. The minimum atomic E-state index is -0.443. The van der Waals surface area contributed by atoms with Crippen molar-refractivity contribution in [2.75, 3.05) is 6.54 Å². The fraction of sp³-hybridized carbons (Fsp3) is 0.545. The SMILES string of the molecule is Cc1ncc(OC(C)C2CCN2)cc1[N+](=O)[O-]. The summed E-state index contributed by atoms with van der Waals surface area (Å²) in [6.07, 6.45) is 2.59. The Morgan fingerprint density at radius 3 is 2.94 bits per heavy atom. The van der Waals surface area contributed by atoms with Crippen LogP contribution in [0.15, 0.2) is 12.3 Å². The van der Waals surface area contributed by atoms with Crippen molar-refractivity contribution in [2.45, 2.75) is 32.4 Å². The monoisotopic (exact) mass is 237 g/mol. The maximum atomic E-state index is 10.8. The van der Waals surface area contributed by atoms with Crippen molar-refractivity contribution < 1.29 is 9.66 Å². The molecule has 6 nitrogen and oxygen atoms in total. The number of rotatable bonds is 4. The standard InChI is InChI=1S/C11H15N3O3/c1-7-11(14(15)16)5-9(6-13-7)17-8(2)10-3-4-12-10/h5-6,8,10,12H,3-4H2,1-2H3. The van der Waals surface area contributed by atoms with E-state index in [1.54, 1.807) is 6.92 Å². The molecule has 92 valence electrons. The predicted octanol–water partition coefficient (Wildman–Crippen LogP) is 1.43. The van der Waals surface area contributed by atoms with Gasteiger partial charge in [0.15, 0.2) is 0 Å². The highest BCUT2D eigenvalue weighted by Gasteiger charge is 2.25. The van der Waals surface area contributed by atoms with Gasteiger partial charge in [0.1, 0.15) is 17.5 Å². The largest absolute Gasteiger partial charge is 0.487 e. The molecule has 6 heteroatoms. The lowest BCUT2D eigenvalue weighted by atomic mass is 10.0. The van der Waals surface area contributed by atoms with E-state index in [0.717, 1.165) is 13.0 Å². The summed E-state index contributed by atoms with van der Waals surface area (Å²) >= 11 is 0. The summed E-state index contributed by atoms with van der Waals surface area (Å²) < 4.78 is 5.63. The van der Waals surface area contributed by atoms with Gasteiger partial charge in [-0.3, -0.25) is 15.1 Å². The smallest absolute Gasteiger partial charge is 0.294 e. The minimum Gasteiger partial charge on any atom is -0.487 e. The number of aromatic nitrogens is 1. The first-order chi connectivity index (χ1) is 8.08. The van der Waals surface area contributed by atoms with Gasteiger partial charge < -0.3 is 10.1 Å². The summed E-state index contributed by atoms with van der Waals surface area (Å²) in [6, 6.07) is 1.76. The van der Waals surface area contributed by atoms with Crippen LogP contribution in [0.1, 0.15) is 19.0 Å². The van der Waals surface area contributed by atoms with Crippen LogP contribution in [-0.4, -0.2) is 28.6 Å². The average Bonchev–Trinajstić information content (AvgIpc) is 2.17. The van der Waals surface area contributed by atoms with Gasteiger partial charge in [-0.05, 0) is 26.8 Å². The topological polar surface area (TPSA) is 77.3 Å². The van der Waals surface area contributed by atoms with Gasteiger partial charge in [-0.15, -0.1) is 0 Å². The molecule has 0 aromatic carbocycles. The van der Waals surface area contributed by atoms with E-state index in [4.69, 9.17) is 4.74 Å². The van der Waals surface area contributed by atoms with Gasteiger partial charge in [-0.2, -0.15) is 0 Å². The van der Waals surface area contributed by atoms with Gasteiger partial charge in [0.25, 0.3) is 5.69 Å². The maximum absolute atomic E-state index is 10.8. The third-order valence-corrected chi connectivity index (χ3v) is 2.98. The van der Waals surface area contributed by atoms with Crippen molar-refractivity contribution in [3.05, 3.63) is 28.1 Å². The van der Waals surface area contributed by atoms with Crippen LogP contribution < -0.4 is 10.1 Å². The quantitative estimate of drug-likeness (QED) is 0.633. The first-order valence-corrected chi connectivity index (χ1v) is 5.59. The third-order valence-electron chi connectivity index (χ3n) is 2.98.